The lowest BCUT2D eigenvalue weighted by Gasteiger charge is -2.39. The molecule has 1 saturated heterocycles. The molecule has 0 aliphatic carbocycles. The maximum atomic E-state index is 13.0. The second-order valence-corrected chi connectivity index (χ2v) is 7.91. The summed E-state index contributed by atoms with van der Waals surface area (Å²) in [5.41, 5.74) is 0.633. The van der Waals surface area contributed by atoms with E-state index in [9.17, 15) is 22.8 Å². The fourth-order valence-corrected chi connectivity index (χ4v) is 4.07. The molecule has 0 bridgehead atoms. The molecular formula is C24H22F3N3O5. The first-order valence-corrected chi connectivity index (χ1v) is 10.8. The number of aromatic nitrogens is 1. The molecule has 0 radical (unpaired) electrons. The number of methoxy groups -OCH3 is 1. The number of nitrogens with zero attached hydrogens (tertiary/aromatic N) is 2. The van der Waals surface area contributed by atoms with E-state index in [0.29, 0.717) is 6.42 Å². The van der Waals surface area contributed by atoms with E-state index in [0.717, 1.165) is 11.6 Å². The Morgan fingerprint density at radius 2 is 1.83 bits per heavy atom. The molecule has 8 nitrogen and oxygen atoms in total. The molecule has 2 heterocycles. The van der Waals surface area contributed by atoms with Crippen molar-refractivity contribution in [1.29, 1.82) is 0 Å². The van der Waals surface area contributed by atoms with Crippen LogP contribution in [0.5, 0.6) is 11.6 Å². The van der Waals surface area contributed by atoms with Crippen LogP contribution < -0.4 is 14.8 Å². The zero-order valence-electron chi connectivity index (χ0n) is 18.6. The van der Waals surface area contributed by atoms with Crippen LogP contribution in [0.25, 0.3) is 0 Å². The van der Waals surface area contributed by atoms with Crippen LogP contribution in [0.1, 0.15) is 38.8 Å². The minimum Gasteiger partial charge on any atom is -0.479 e. The Morgan fingerprint density at radius 3 is 2.51 bits per heavy atom. The molecule has 2 amide bonds. The van der Waals surface area contributed by atoms with Gasteiger partial charge in [0.05, 0.1) is 18.7 Å². The van der Waals surface area contributed by atoms with Crippen LogP contribution in [-0.2, 0) is 0 Å². The van der Waals surface area contributed by atoms with Crippen molar-refractivity contribution in [1.82, 2.24) is 15.4 Å². The van der Waals surface area contributed by atoms with E-state index < -0.39 is 24.1 Å². The molecule has 0 saturated carbocycles. The van der Waals surface area contributed by atoms with Gasteiger partial charge < -0.3 is 24.2 Å². The first-order chi connectivity index (χ1) is 16.7. The Bertz CT molecular complexity index is 1180. The molecule has 3 aromatic rings. The number of hydrogen-bond donors (Lipinski definition) is 1. The summed E-state index contributed by atoms with van der Waals surface area (Å²) < 4.78 is 52.5. The average Bonchev–Trinajstić information content (AvgIpc) is 3.33. The molecule has 4 rings (SSSR count). The number of halogens is 3. The van der Waals surface area contributed by atoms with Gasteiger partial charge in [-0.3, -0.25) is 9.59 Å². The SMILES string of the molecule is COc1cc(C(=O)N2CC[C@@H](NC(=O)c3ccccc3OC(F)(F)F)[C@@H](c3ccccc3)C2)on1. The molecule has 1 aromatic heterocycles. The molecule has 1 N–H and O–H groups in total. The summed E-state index contributed by atoms with van der Waals surface area (Å²) in [4.78, 5) is 27.5. The first-order valence-electron chi connectivity index (χ1n) is 10.8. The highest BCUT2D eigenvalue weighted by Gasteiger charge is 2.36. The summed E-state index contributed by atoms with van der Waals surface area (Å²) in [6.07, 6.45) is -4.57. The van der Waals surface area contributed by atoms with Crippen LogP contribution in [0.4, 0.5) is 13.2 Å². The molecule has 0 unspecified atom stereocenters. The van der Waals surface area contributed by atoms with E-state index in [1.807, 2.05) is 30.3 Å². The molecule has 35 heavy (non-hydrogen) atoms. The summed E-state index contributed by atoms with van der Waals surface area (Å²) in [7, 11) is 1.41. The van der Waals surface area contributed by atoms with E-state index in [2.05, 4.69) is 15.2 Å². The van der Waals surface area contributed by atoms with Crippen molar-refractivity contribution in [3.63, 3.8) is 0 Å². The lowest BCUT2D eigenvalue weighted by Crippen LogP contribution is -2.51. The highest BCUT2D eigenvalue weighted by atomic mass is 19.4. The molecule has 1 aliphatic heterocycles. The van der Waals surface area contributed by atoms with Crippen LogP contribution in [0, 0.1) is 0 Å². The molecule has 1 aliphatic rings. The van der Waals surface area contributed by atoms with Gasteiger partial charge in [0.25, 0.3) is 17.7 Å². The zero-order valence-corrected chi connectivity index (χ0v) is 18.6. The third-order valence-corrected chi connectivity index (χ3v) is 5.71. The number of nitrogens with one attached hydrogen (secondary N) is 1. The van der Waals surface area contributed by atoms with Crippen molar-refractivity contribution in [3.8, 4) is 11.6 Å². The standard InChI is InChI=1S/C24H22F3N3O5/c1-33-21-13-20(35-29-21)23(32)30-12-11-18(17(14-30)15-7-3-2-4-8-15)28-22(31)16-9-5-6-10-19(16)34-24(25,26)27/h2-10,13,17-18H,11-12,14H2,1H3,(H,28,31)/t17-,18-/m1/s1. The number of likely N-dealkylation sites (tertiary alicyclic amines) is 1. The number of alkyl halides is 3. The predicted molar refractivity (Wildman–Crippen MR) is 117 cm³/mol. The maximum absolute atomic E-state index is 13.0. The summed E-state index contributed by atoms with van der Waals surface area (Å²) in [5, 5.41) is 6.50. The van der Waals surface area contributed by atoms with Gasteiger partial charge >= 0.3 is 6.36 Å². The number of carbonyl (C=O) groups excluding carboxylic acids is 2. The lowest BCUT2D eigenvalue weighted by atomic mass is 9.85. The molecule has 2 aromatic carbocycles. The van der Waals surface area contributed by atoms with Crippen molar-refractivity contribution < 1.29 is 36.8 Å². The Balaban J connectivity index is 1.55. The summed E-state index contributed by atoms with van der Waals surface area (Å²) >= 11 is 0. The van der Waals surface area contributed by atoms with Gasteiger partial charge in [-0.05, 0) is 29.3 Å². The topological polar surface area (TPSA) is 93.9 Å². The molecular weight excluding hydrogens is 467 g/mol. The third-order valence-electron chi connectivity index (χ3n) is 5.71. The minimum atomic E-state index is -4.93. The smallest absolute Gasteiger partial charge is 0.479 e. The molecule has 0 spiro atoms. The van der Waals surface area contributed by atoms with Gasteiger partial charge in [-0.15, -0.1) is 13.2 Å². The minimum absolute atomic E-state index is 0.0226. The molecule has 1 fully saturated rings. The second-order valence-electron chi connectivity index (χ2n) is 7.91. The quantitative estimate of drug-likeness (QED) is 0.563. The predicted octanol–water partition coefficient (Wildman–Crippen LogP) is 4.01. The van der Waals surface area contributed by atoms with E-state index in [1.165, 1.54) is 31.4 Å². The van der Waals surface area contributed by atoms with Crippen molar-refractivity contribution in [2.45, 2.75) is 24.7 Å². The van der Waals surface area contributed by atoms with E-state index in [1.54, 1.807) is 4.90 Å². The number of rotatable bonds is 6. The van der Waals surface area contributed by atoms with Crippen molar-refractivity contribution >= 4 is 11.8 Å². The highest BCUT2D eigenvalue weighted by Crippen LogP contribution is 2.31. The van der Waals surface area contributed by atoms with Crippen LogP contribution in [0.15, 0.2) is 65.2 Å². The number of amides is 2. The number of benzene rings is 2. The summed E-state index contributed by atoms with van der Waals surface area (Å²) in [6.45, 7) is 0.536. The van der Waals surface area contributed by atoms with Crippen LogP contribution >= 0.6 is 0 Å². The Labute approximate surface area is 198 Å². The van der Waals surface area contributed by atoms with Gasteiger partial charge in [-0.25, -0.2) is 0 Å². The van der Waals surface area contributed by atoms with E-state index in [4.69, 9.17) is 9.26 Å². The fraction of sp³-hybridized carbons (Fsp3) is 0.292. The molecule has 11 heteroatoms. The number of para-hydroxylation sites is 1. The molecule has 2 atom stereocenters. The summed E-state index contributed by atoms with van der Waals surface area (Å²) in [6, 6.07) is 15.4. The first kappa shape index (κ1) is 24.1. The number of ether oxygens (including phenoxy) is 2. The third kappa shape index (κ3) is 5.73. The summed E-state index contributed by atoms with van der Waals surface area (Å²) in [5.74, 6) is -1.78. The number of carbonyl (C=O) groups is 2. The maximum Gasteiger partial charge on any atom is 0.573 e. The van der Waals surface area contributed by atoms with Gasteiger partial charge in [0.1, 0.15) is 5.75 Å². The van der Waals surface area contributed by atoms with Gasteiger partial charge in [-0.2, -0.15) is 0 Å². The number of piperidine rings is 1. The van der Waals surface area contributed by atoms with Crippen LogP contribution in [-0.4, -0.2) is 54.5 Å². The van der Waals surface area contributed by atoms with E-state index >= 15 is 0 Å². The van der Waals surface area contributed by atoms with Gasteiger partial charge in [0.2, 0.25) is 5.76 Å². The Morgan fingerprint density at radius 1 is 1.11 bits per heavy atom. The van der Waals surface area contributed by atoms with Crippen LogP contribution in [0.3, 0.4) is 0 Å². The van der Waals surface area contributed by atoms with Gasteiger partial charge in [0.15, 0.2) is 0 Å². The van der Waals surface area contributed by atoms with Gasteiger partial charge in [-0.1, -0.05) is 42.5 Å². The highest BCUT2D eigenvalue weighted by molar-refractivity contribution is 5.97. The number of hydrogen-bond acceptors (Lipinski definition) is 6. The van der Waals surface area contributed by atoms with E-state index in [-0.39, 0.29) is 42.1 Å². The van der Waals surface area contributed by atoms with Crippen molar-refractivity contribution in [2.75, 3.05) is 20.2 Å². The van der Waals surface area contributed by atoms with Crippen molar-refractivity contribution in [2.24, 2.45) is 0 Å². The van der Waals surface area contributed by atoms with Crippen molar-refractivity contribution in [3.05, 3.63) is 77.6 Å². The monoisotopic (exact) mass is 489 g/mol. The average molecular weight is 489 g/mol. The van der Waals surface area contributed by atoms with Gasteiger partial charge in [0, 0.05) is 25.0 Å². The zero-order chi connectivity index (χ0) is 25.0. The van der Waals surface area contributed by atoms with Crippen LogP contribution in [0.2, 0.25) is 0 Å². The largest absolute Gasteiger partial charge is 0.573 e. The Kier molecular flexibility index (Phi) is 6.94. The lowest BCUT2D eigenvalue weighted by molar-refractivity contribution is -0.274. The second kappa shape index (κ2) is 10.1. The Hall–Kier alpha value is -4.02. The normalized spacial score (nSPS) is 18.1. The fourth-order valence-electron chi connectivity index (χ4n) is 4.07. The molecule has 184 valence electrons.